The van der Waals surface area contributed by atoms with Crippen LogP contribution in [0.15, 0.2) is 24.3 Å². The van der Waals surface area contributed by atoms with Gasteiger partial charge in [0.05, 0.1) is 12.6 Å². The molecule has 0 aliphatic heterocycles. The summed E-state index contributed by atoms with van der Waals surface area (Å²) in [5, 5.41) is -0.0475. The summed E-state index contributed by atoms with van der Waals surface area (Å²) >= 11 is -1.28. The van der Waals surface area contributed by atoms with E-state index in [1.54, 1.807) is 12.1 Å². The summed E-state index contributed by atoms with van der Waals surface area (Å²) in [7, 11) is -2.02. The van der Waals surface area contributed by atoms with Crippen molar-refractivity contribution in [3.63, 3.8) is 0 Å². The molecule has 3 nitrogen and oxygen atoms in total. The van der Waals surface area contributed by atoms with Crippen molar-refractivity contribution in [1.82, 2.24) is 4.72 Å². The van der Waals surface area contributed by atoms with E-state index in [0.717, 1.165) is 6.92 Å². The van der Waals surface area contributed by atoms with Crippen molar-refractivity contribution in [3.8, 4) is 0 Å². The molecule has 0 fully saturated rings. The second-order valence-electron chi connectivity index (χ2n) is 8.60. The van der Waals surface area contributed by atoms with Crippen LogP contribution in [0.1, 0.15) is 58.7 Å². The highest BCUT2D eigenvalue weighted by Gasteiger charge is 2.38. The minimum Gasteiger partial charge on any atom is -0.598 e. The van der Waals surface area contributed by atoms with E-state index >= 15 is 0 Å². The average Bonchev–Trinajstić information content (AvgIpc) is 2.49. The van der Waals surface area contributed by atoms with Gasteiger partial charge in [-0.05, 0) is 43.6 Å². The van der Waals surface area contributed by atoms with Crippen molar-refractivity contribution in [2.24, 2.45) is 0 Å². The van der Waals surface area contributed by atoms with Gasteiger partial charge < -0.3 is 8.98 Å². The Morgan fingerprint density at radius 2 is 1.77 bits per heavy atom. The highest BCUT2D eigenvalue weighted by molar-refractivity contribution is 7.90. The van der Waals surface area contributed by atoms with Crippen molar-refractivity contribution in [3.05, 3.63) is 35.4 Å². The van der Waals surface area contributed by atoms with Crippen LogP contribution in [0.3, 0.4) is 0 Å². The quantitative estimate of drug-likeness (QED) is 0.457. The fourth-order valence-electron chi connectivity index (χ4n) is 2.01. The van der Waals surface area contributed by atoms with Gasteiger partial charge in [0.1, 0.15) is 5.25 Å². The molecule has 2 atom stereocenters. The first-order valence-corrected chi connectivity index (χ1v) is 13.1. The van der Waals surface area contributed by atoms with E-state index in [4.69, 9.17) is 4.43 Å². The van der Waals surface area contributed by atoms with Crippen LogP contribution in [0, 0.1) is 0 Å². The lowest BCUT2D eigenvalue weighted by Crippen LogP contribution is -2.44. The van der Waals surface area contributed by atoms with Gasteiger partial charge in [-0.2, -0.15) is 0 Å². The van der Waals surface area contributed by atoms with E-state index in [9.17, 15) is 13.3 Å². The van der Waals surface area contributed by atoms with Gasteiger partial charge >= 0.3 is 0 Å². The van der Waals surface area contributed by atoms with E-state index in [2.05, 4.69) is 38.6 Å². The van der Waals surface area contributed by atoms with Crippen LogP contribution in [0.25, 0.3) is 0 Å². The Bertz CT molecular complexity index is 586. The molecule has 26 heavy (non-hydrogen) atoms. The molecule has 1 aromatic rings. The molecular weight excluding hydrogens is 372 g/mol. The minimum atomic E-state index is -2.92. The zero-order chi connectivity index (χ0) is 20.3. The van der Waals surface area contributed by atoms with E-state index in [0.29, 0.717) is 12.2 Å². The summed E-state index contributed by atoms with van der Waals surface area (Å²) in [5.41, 5.74) is 0.612. The minimum absolute atomic E-state index is 0.0348. The molecule has 0 amide bonds. The third kappa shape index (κ3) is 6.60. The summed E-state index contributed by atoms with van der Waals surface area (Å²) in [6.07, 6.45) is 0. The first-order chi connectivity index (χ1) is 11.6. The van der Waals surface area contributed by atoms with Gasteiger partial charge in [0.2, 0.25) is 0 Å². The molecule has 0 unspecified atom stereocenters. The Kier molecular flexibility index (Phi) is 7.88. The lowest BCUT2D eigenvalue weighted by molar-refractivity contribution is 0.0173. The van der Waals surface area contributed by atoms with Crippen LogP contribution in [-0.2, 0) is 21.7 Å². The Morgan fingerprint density at radius 3 is 2.23 bits per heavy atom. The van der Waals surface area contributed by atoms with Crippen LogP contribution >= 0.6 is 0 Å². The second kappa shape index (κ2) is 8.69. The number of benzene rings is 1. The molecule has 1 aromatic carbocycles. The third-order valence-corrected chi connectivity index (χ3v) is 10.8. The molecule has 0 aromatic heterocycles. The van der Waals surface area contributed by atoms with Gasteiger partial charge in [0, 0.05) is 23.8 Å². The number of alkyl halides is 2. The Balaban J connectivity index is 3.10. The molecule has 0 saturated heterocycles. The number of nitrogens with one attached hydrogen (secondary N) is 1. The third-order valence-electron chi connectivity index (χ3n) is 4.90. The van der Waals surface area contributed by atoms with Crippen LogP contribution in [0.4, 0.5) is 8.78 Å². The molecule has 0 aliphatic carbocycles. The highest BCUT2D eigenvalue weighted by atomic mass is 32.2. The van der Waals surface area contributed by atoms with Crippen LogP contribution < -0.4 is 4.72 Å². The van der Waals surface area contributed by atoms with Crippen molar-refractivity contribution in [1.29, 1.82) is 0 Å². The Hall–Kier alpha value is -0.473. The van der Waals surface area contributed by atoms with Crippen molar-refractivity contribution >= 4 is 19.7 Å². The number of rotatable bonds is 8. The molecule has 0 heterocycles. The average molecular weight is 406 g/mol. The molecule has 150 valence electrons. The zero-order valence-electron chi connectivity index (χ0n) is 17.2. The van der Waals surface area contributed by atoms with Gasteiger partial charge in [-0.15, -0.1) is 4.72 Å². The lowest BCUT2D eigenvalue weighted by Gasteiger charge is -2.37. The molecule has 1 rings (SSSR count). The van der Waals surface area contributed by atoms with Crippen molar-refractivity contribution in [2.75, 3.05) is 6.61 Å². The SMILES string of the molecule is CC(C)[S@+]([O-])N[C@H](CO[Si](C)(C)C(C)(C)C)c1cccc(C(C)(F)F)c1. The van der Waals surface area contributed by atoms with Crippen molar-refractivity contribution < 1.29 is 17.8 Å². The number of halogens is 2. The number of hydrogen-bond donors (Lipinski definition) is 1. The van der Waals surface area contributed by atoms with Gasteiger partial charge in [0.15, 0.2) is 8.32 Å². The summed E-state index contributed by atoms with van der Waals surface area (Å²) in [5.74, 6) is -2.92. The summed E-state index contributed by atoms with van der Waals surface area (Å²) in [6, 6.07) is 5.87. The zero-order valence-corrected chi connectivity index (χ0v) is 19.0. The molecule has 0 saturated carbocycles. The van der Waals surface area contributed by atoms with E-state index in [1.165, 1.54) is 12.1 Å². The normalized spacial score (nSPS) is 16.0. The fraction of sp³-hybridized carbons (Fsp3) is 0.684. The highest BCUT2D eigenvalue weighted by Crippen LogP contribution is 2.37. The molecule has 0 spiro atoms. The largest absolute Gasteiger partial charge is 0.598 e. The predicted octanol–water partition coefficient (Wildman–Crippen LogP) is 5.52. The Labute approximate surface area is 161 Å². The smallest absolute Gasteiger partial charge is 0.270 e. The summed E-state index contributed by atoms with van der Waals surface area (Å²) in [4.78, 5) is 0. The first kappa shape index (κ1) is 23.6. The molecule has 1 N–H and O–H groups in total. The topological polar surface area (TPSA) is 44.3 Å². The first-order valence-electron chi connectivity index (χ1n) is 8.94. The number of hydrogen-bond acceptors (Lipinski definition) is 3. The monoisotopic (exact) mass is 405 g/mol. The molecule has 0 bridgehead atoms. The summed E-state index contributed by atoms with van der Waals surface area (Å²) < 4.78 is 49.1. The van der Waals surface area contributed by atoms with Crippen LogP contribution in [-0.4, -0.2) is 24.7 Å². The fourth-order valence-corrected chi connectivity index (χ4v) is 3.78. The lowest BCUT2D eigenvalue weighted by atomic mass is 10.0. The van der Waals surface area contributed by atoms with Gasteiger partial charge in [0.25, 0.3) is 5.92 Å². The van der Waals surface area contributed by atoms with Gasteiger partial charge in [-0.3, -0.25) is 0 Å². The molecular formula is C19H33F2NO2SSi. The standard InChI is InChI=1S/C19H33F2NO2SSi/c1-14(2)25(23)22-17(13-24-26(7,8)18(3,4)5)15-10-9-11-16(12-15)19(6,20)21/h9-12,14,17,22H,13H2,1-8H3/t17-,25+/m1/s1. The van der Waals surface area contributed by atoms with E-state index in [1.807, 2.05) is 13.8 Å². The molecule has 0 radical (unpaired) electrons. The maximum atomic E-state index is 13.7. The maximum Gasteiger partial charge on any atom is 0.270 e. The van der Waals surface area contributed by atoms with Gasteiger partial charge in [-0.25, -0.2) is 8.78 Å². The Morgan fingerprint density at radius 1 is 1.19 bits per heavy atom. The summed E-state index contributed by atoms with van der Waals surface area (Å²) in [6.45, 7) is 15.6. The second-order valence-corrected chi connectivity index (χ2v) is 15.2. The van der Waals surface area contributed by atoms with E-state index < -0.39 is 31.6 Å². The van der Waals surface area contributed by atoms with E-state index in [-0.39, 0.29) is 15.9 Å². The molecule has 7 heteroatoms. The van der Waals surface area contributed by atoms with Gasteiger partial charge in [-0.1, -0.05) is 39.0 Å². The molecule has 0 aliphatic rings. The van der Waals surface area contributed by atoms with Crippen LogP contribution in [0.2, 0.25) is 18.1 Å². The van der Waals surface area contributed by atoms with Crippen molar-refractivity contribution in [2.45, 2.75) is 76.9 Å². The van der Waals surface area contributed by atoms with Crippen LogP contribution in [0.5, 0.6) is 0 Å². The predicted molar refractivity (Wildman–Crippen MR) is 108 cm³/mol. The maximum absolute atomic E-state index is 13.7.